The van der Waals surface area contributed by atoms with Crippen LogP contribution in [0.15, 0.2) is 60.7 Å². The van der Waals surface area contributed by atoms with Gasteiger partial charge in [0.05, 0.1) is 0 Å². The van der Waals surface area contributed by atoms with Gasteiger partial charge in [0.25, 0.3) is 0 Å². The van der Waals surface area contributed by atoms with Crippen LogP contribution >= 0.6 is 0 Å². The van der Waals surface area contributed by atoms with Crippen molar-refractivity contribution in [1.29, 1.82) is 0 Å². The van der Waals surface area contributed by atoms with Crippen LogP contribution < -0.4 is 10.6 Å². The maximum atomic E-state index is 12.4. The van der Waals surface area contributed by atoms with E-state index in [1.165, 1.54) is 0 Å². The molecule has 1 unspecified atom stereocenters. The lowest BCUT2D eigenvalue weighted by Crippen LogP contribution is -2.48. The average Bonchev–Trinajstić information content (AvgIpc) is 2.61. The number of aliphatic carboxylic acids is 1. The molecule has 0 bridgehead atoms. The monoisotopic (exact) mass is 341 g/mol. The number of amides is 4. The molecule has 0 fully saturated rings. The van der Waals surface area contributed by atoms with Crippen LogP contribution in [0.5, 0.6) is 0 Å². The maximum Gasteiger partial charge on any atom is 0.330 e. The number of hydrogen-bond donors (Lipinski definition) is 3. The zero-order chi connectivity index (χ0) is 18.2. The maximum absolute atomic E-state index is 12.4. The van der Waals surface area contributed by atoms with Crippen molar-refractivity contribution in [3.63, 3.8) is 0 Å². The number of carbonyl (C=O) groups is 3. The van der Waals surface area contributed by atoms with Crippen molar-refractivity contribution in [2.24, 2.45) is 0 Å². The number of hydrogen-bond acceptors (Lipinski definition) is 3. The molecule has 1 atom stereocenters. The van der Waals surface area contributed by atoms with Gasteiger partial charge < -0.3 is 15.7 Å². The van der Waals surface area contributed by atoms with Crippen LogP contribution in [0.4, 0.5) is 15.3 Å². The molecule has 4 amide bonds. The second kappa shape index (κ2) is 8.49. The molecular weight excluding hydrogens is 322 g/mol. The van der Waals surface area contributed by atoms with Gasteiger partial charge in [0.1, 0.15) is 0 Å². The predicted molar refractivity (Wildman–Crippen MR) is 93.2 cm³/mol. The zero-order valence-corrected chi connectivity index (χ0v) is 13.7. The summed E-state index contributed by atoms with van der Waals surface area (Å²) < 4.78 is 0. The van der Waals surface area contributed by atoms with Gasteiger partial charge in [0.15, 0.2) is 6.04 Å². The number of carboxylic acids is 1. The molecule has 25 heavy (non-hydrogen) atoms. The highest BCUT2D eigenvalue weighted by atomic mass is 16.4. The van der Waals surface area contributed by atoms with Crippen LogP contribution in [0, 0.1) is 0 Å². The number of carboxylic acid groups (broad SMARTS) is 1. The van der Waals surface area contributed by atoms with Gasteiger partial charge in [0, 0.05) is 12.2 Å². The predicted octanol–water partition coefficient (Wildman–Crippen LogP) is 3.08. The molecule has 0 saturated heterocycles. The minimum Gasteiger partial charge on any atom is -0.479 e. The van der Waals surface area contributed by atoms with Crippen molar-refractivity contribution < 1.29 is 19.5 Å². The Balaban J connectivity index is 2.10. The molecule has 0 aliphatic rings. The summed E-state index contributed by atoms with van der Waals surface area (Å²) in [6, 6.07) is 14.3. The zero-order valence-electron chi connectivity index (χ0n) is 13.7. The van der Waals surface area contributed by atoms with Crippen molar-refractivity contribution in [3.05, 3.63) is 66.2 Å². The number of anilines is 1. The Morgan fingerprint density at radius 3 is 2.04 bits per heavy atom. The topological polar surface area (TPSA) is 98.7 Å². The van der Waals surface area contributed by atoms with E-state index in [0.29, 0.717) is 11.3 Å². The van der Waals surface area contributed by atoms with Crippen molar-refractivity contribution in [3.8, 4) is 0 Å². The molecule has 0 aliphatic carbocycles. The van der Waals surface area contributed by atoms with E-state index < -0.39 is 24.1 Å². The molecular formula is C18H19N3O4. The van der Waals surface area contributed by atoms with Crippen LogP contribution in [-0.4, -0.2) is 34.6 Å². The molecule has 0 aliphatic heterocycles. The molecule has 7 nitrogen and oxygen atoms in total. The highest BCUT2D eigenvalue weighted by Crippen LogP contribution is 2.14. The number of para-hydroxylation sites is 1. The van der Waals surface area contributed by atoms with E-state index in [1.807, 2.05) is 0 Å². The van der Waals surface area contributed by atoms with Crippen molar-refractivity contribution in [2.45, 2.75) is 13.0 Å². The normalized spacial score (nSPS) is 11.2. The molecule has 0 spiro atoms. The lowest BCUT2D eigenvalue weighted by atomic mass is 10.1. The lowest BCUT2D eigenvalue weighted by Gasteiger charge is -2.23. The Bertz CT molecular complexity index is 735. The molecule has 0 radical (unpaired) electrons. The summed E-state index contributed by atoms with van der Waals surface area (Å²) in [5.41, 5.74) is 0.958. The average molecular weight is 341 g/mol. The first-order chi connectivity index (χ1) is 12.0. The van der Waals surface area contributed by atoms with Crippen LogP contribution in [0.25, 0.3) is 0 Å². The van der Waals surface area contributed by atoms with Gasteiger partial charge in [-0.1, -0.05) is 48.5 Å². The van der Waals surface area contributed by atoms with Gasteiger partial charge in [-0.25, -0.2) is 19.3 Å². The number of urea groups is 2. The van der Waals surface area contributed by atoms with Crippen LogP contribution in [0.2, 0.25) is 0 Å². The number of nitrogens with zero attached hydrogens (tertiary/aromatic N) is 1. The fourth-order valence-corrected chi connectivity index (χ4v) is 2.23. The number of rotatable bonds is 5. The Labute approximate surface area is 145 Å². The summed E-state index contributed by atoms with van der Waals surface area (Å²) in [4.78, 5) is 37.0. The molecule has 0 saturated carbocycles. The van der Waals surface area contributed by atoms with E-state index in [0.717, 1.165) is 4.90 Å². The fourth-order valence-electron chi connectivity index (χ4n) is 2.23. The van der Waals surface area contributed by atoms with Gasteiger partial charge >= 0.3 is 18.0 Å². The summed E-state index contributed by atoms with van der Waals surface area (Å²) in [6.07, 6.45) is 0. The van der Waals surface area contributed by atoms with Crippen molar-refractivity contribution in [2.75, 3.05) is 11.9 Å². The highest BCUT2D eigenvalue weighted by Gasteiger charge is 2.27. The Hall–Kier alpha value is -3.35. The third-order valence-electron chi connectivity index (χ3n) is 3.48. The van der Waals surface area contributed by atoms with E-state index in [4.69, 9.17) is 0 Å². The van der Waals surface area contributed by atoms with Crippen LogP contribution in [-0.2, 0) is 4.79 Å². The third kappa shape index (κ3) is 4.81. The van der Waals surface area contributed by atoms with Crippen molar-refractivity contribution >= 4 is 23.7 Å². The summed E-state index contributed by atoms with van der Waals surface area (Å²) in [7, 11) is 0. The Morgan fingerprint density at radius 2 is 1.52 bits per heavy atom. The second-order valence-corrected chi connectivity index (χ2v) is 5.17. The summed E-state index contributed by atoms with van der Waals surface area (Å²) in [5, 5.41) is 14.3. The van der Waals surface area contributed by atoms with Gasteiger partial charge in [-0.2, -0.15) is 0 Å². The first-order valence-electron chi connectivity index (χ1n) is 7.74. The number of carbonyl (C=O) groups excluding carboxylic acids is 2. The number of benzene rings is 2. The number of imide groups is 1. The second-order valence-electron chi connectivity index (χ2n) is 5.17. The SMILES string of the molecule is CCN(C(=O)Nc1ccccc1)C(=O)NC(C(=O)O)c1ccccc1. The van der Waals surface area contributed by atoms with Gasteiger partial charge in [-0.15, -0.1) is 0 Å². The smallest absolute Gasteiger partial charge is 0.330 e. The summed E-state index contributed by atoms with van der Waals surface area (Å²) in [5.74, 6) is -1.21. The van der Waals surface area contributed by atoms with E-state index in [-0.39, 0.29) is 6.54 Å². The first-order valence-corrected chi connectivity index (χ1v) is 7.74. The Kier molecular flexibility index (Phi) is 6.11. The molecule has 3 N–H and O–H groups in total. The molecule has 0 heterocycles. The standard InChI is InChI=1S/C18H19N3O4/c1-2-21(17(24)19-14-11-7-4-8-12-14)18(25)20-15(16(22)23)13-9-5-3-6-10-13/h3-12,15H,2H2,1H3,(H,19,24)(H,20,25)(H,22,23). The van der Waals surface area contributed by atoms with E-state index in [1.54, 1.807) is 67.6 Å². The molecule has 2 aromatic carbocycles. The molecule has 2 aromatic rings. The molecule has 2 rings (SSSR count). The minimum atomic E-state index is -1.24. The molecule has 7 heteroatoms. The van der Waals surface area contributed by atoms with Gasteiger partial charge in [-0.05, 0) is 24.6 Å². The summed E-state index contributed by atoms with van der Waals surface area (Å²) >= 11 is 0. The lowest BCUT2D eigenvalue weighted by molar-refractivity contribution is -0.139. The summed E-state index contributed by atoms with van der Waals surface area (Å²) in [6.45, 7) is 1.72. The van der Waals surface area contributed by atoms with Gasteiger partial charge in [-0.3, -0.25) is 0 Å². The largest absolute Gasteiger partial charge is 0.479 e. The molecule has 0 aromatic heterocycles. The highest BCUT2D eigenvalue weighted by molar-refractivity contribution is 6.01. The van der Waals surface area contributed by atoms with Crippen LogP contribution in [0.1, 0.15) is 18.5 Å². The minimum absolute atomic E-state index is 0.0889. The van der Waals surface area contributed by atoms with Gasteiger partial charge in [0.2, 0.25) is 0 Å². The van der Waals surface area contributed by atoms with E-state index in [9.17, 15) is 19.5 Å². The van der Waals surface area contributed by atoms with Crippen molar-refractivity contribution in [1.82, 2.24) is 10.2 Å². The number of nitrogens with one attached hydrogen (secondary N) is 2. The Morgan fingerprint density at radius 1 is 0.960 bits per heavy atom. The molecule has 130 valence electrons. The fraction of sp³-hybridized carbons (Fsp3) is 0.167. The first kappa shape index (κ1) is 18.0. The quantitative estimate of drug-likeness (QED) is 0.778. The van der Waals surface area contributed by atoms with Crippen LogP contribution in [0.3, 0.4) is 0 Å². The van der Waals surface area contributed by atoms with E-state index >= 15 is 0 Å². The third-order valence-corrected chi connectivity index (χ3v) is 3.48. The van der Waals surface area contributed by atoms with E-state index in [2.05, 4.69) is 10.6 Å².